The highest BCUT2D eigenvalue weighted by Gasteiger charge is 2.94. The van der Waals surface area contributed by atoms with E-state index in [1.165, 1.54) is 0 Å². The highest BCUT2D eigenvalue weighted by atomic mass is 19.4. The van der Waals surface area contributed by atoms with Crippen molar-refractivity contribution in [2.45, 2.75) is 68.4 Å². The van der Waals surface area contributed by atoms with E-state index < -0.39 is 60.7 Å². The Kier molecular flexibility index (Phi) is 11.7. The quantitative estimate of drug-likeness (QED) is 0.146. The van der Waals surface area contributed by atoms with Gasteiger partial charge in [0.05, 0.1) is 54.4 Å². The molecule has 0 radical (unpaired) electrons. The van der Waals surface area contributed by atoms with E-state index in [0.717, 1.165) is 0 Å². The second-order valence-corrected chi connectivity index (χ2v) is 10.9. The van der Waals surface area contributed by atoms with E-state index in [2.05, 4.69) is 0 Å². The van der Waals surface area contributed by atoms with Crippen molar-refractivity contribution in [1.29, 1.82) is 0 Å². The molecule has 0 N–H and O–H groups in total. The molecule has 19 heteroatoms. The van der Waals surface area contributed by atoms with Gasteiger partial charge < -0.3 is 13.9 Å². The van der Waals surface area contributed by atoms with Crippen LogP contribution in [0.1, 0.15) is 26.7 Å². The number of quaternary nitrogens is 2. The molecule has 0 aromatic carbocycles. The molecule has 0 aliphatic carbocycles. The smallest absolute Gasteiger partial charge is 0.337 e. The third-order valence-electron chi connectivity index (χ3n) is 6.98. The molecule has 0 rings (SSSR count). The summed E-state index contributed by atoms with van der Waals surface area (Å²) >= 11 is 0. The molecule has 0 atom stereocenters. The van der Waals surface area contributed by atoms with E-state index in [0.29, 0.717) is 13.1 Å². The molecule has 0 aromatic rings. The second kappa shape index (κ2) is 12.1. The van der Waals surface area contributed by atoms with Gasteiger partial charge in [-0.15, -0.1) is 0 Å². The van der Waals surface area contributed by atoms with Gasteiger partial charge in [-0.1, -0.05) is 0 Å². The maximum absolute atomic E-state index is 14.6. The van der Waals surface area contributed by atoms with Gasteiger partial charge in [-0.2, -0.15) is 65.9 Å². The van der Waals surface area contributed by atoms with Crippen molar-refractivity contribution >= 4 is 5.91 Å². The summed E-state index contributed by atoms with van der Waals surface area (Å²) in [7, 11) is 6.54. The average Bonchev–Trinajstić information content (AvgIpc) is 2.81. The standard InChI is InChI=1S/C22H34F15N3O/c1-7-39(3,4)13-9-11-38(12-10-14-40(5,6)8-2)15(41)16(23,24)17(25,26)18(27,28)19(29,30)20(31,32)21(33,34)22(35,36)37/h7-14H2,1-6H3/q+2. The predicted octanol–water partition coefficient (Wildman–Crippen LogP) is 6.16. The first kappa shape index (κ1) is 39.3. The molecule has 246 valence electrons. The third kappa shape index (κ3) is 7.47. The molecule has 0 saturated heterocycles. The highest BCUT2D eigenvalue weighted by Crippen LogP contribution is 2.62. The fourth-order valence-electron chi connectivity index (χ4n) is 3.31. The van der Waals surface area contributed by atoms with Crippen LogP contribution in [-0.2, 0) is 4.79 Å². The lowest BCUT2D eigenvalue weighted by Gasteiger charge is -2.42. The van der Waals surface area contributed by atoms with Crippen LogP contribution in [0.4, 0.5) is 65.9 Å². The Balaban J connectivity index is 6.56. The first-order valence-corrected chi connectivity index (χ1v) is 12.1. The Morgan fingerprint density at radius 2 is 0.829 bits per heavy atom. The van der Waals surface area contributed by atoms with E-state index in [1.54, 1.807) is 42.0 Å². The summed E-state index contributed by atoms with van der Waals surface area (Å²) in [5.74, 6) is -51.2. The summed E-state index contributed by atoms with van der Waals surface area (Å²) in [6.07, 6.45) is -8.12. The topological polar surface area (TPSA) is 20.3 Å². The molecular formula is C22H34F15N3O+2. The summed E-state index contributed by atoms with van der Waals surface area (Å²) in [4.78, 5) is 12.3. The van der Waals surface area contributed by atoms with Crippen LogP contribution in [0.2, 0.25) is 0 Å². The number of rotatable bonds is 16. The molecular weight excluding hydrogens is 607 g/mol. The number of carbonyl (C=O) groups is 1. The molecule has 41 heavy (non-hydrogen) atoms. The molecule has 0 aliphatic heterocycles. The Labute approximate surface area is 227 Å². The molecule has 0 spiro atoms. The SMILES string of the molecule is CC[N+](C)(C)CCCN(CCC[N+](C)(C)CC)C(=O)C(F)(F)C(F)(F)C(F)(F)C(F)(F)C(F)(F)C(F)(F)C(F)(F)F. The second-order valence-electron chi connectivity index (χ2n) is 10.9. The monoisotopic (exact) mass is 641 g/mol. The van der Waals surface area contributed by atoms with Gasteiger partial charge >= 0.3 is 41.7 Å². The Hall–Kier alpha value is -1.66. The van der Waals surface area contributed by atoms with Gasteiger partial charge in [0.1, 0.15) is 0 Å². The van der Waals surface area contributed by atoms with Crippen LogP contribution in [-0.4, -0.2) is 129 Å². The minimum atomic E-state index is -8.43. The molecule has 0 unspecified atom stereocenters. The fourth-order valence-corrected chi connectivity index (χ4v) is 3.31. The third-order valence-corrected chi connectivity index (χ3v) is 6.98. The first-order valence-electron chi connectivity index (χ1n) is 12.1. The van der Waals surface area contributed by atoms with E-state index >= 15 is 0 Å². The molecule has 0 aliphatic rings. The zero-order valence-corrected chi connectivity index (χ0v) is 23.1. The number of hydrogen-bond acceptors (Lipinski definition) is 1. The van der Waals surface area contributed by atoms with Crippen LogP contribution in [0.25, 0.3) is 0 Å². The lowest BCUT2D eigenvalue weighted by Crippen LogP contribution is -2.74. The molecule has 0 aromatic heterocycles. The molecule has 4 nitrogen and oxygen atoms in total. The maximum Gasteiger partial charge on any atom is 0.460 e. The number of halogens is 15. The molecule has 0 saturated carbocycles. The molecule has 0 bridgehead atoms. The van der Waals surface area contributed by atoms with Crippen LogP contribution >= 0.6 is 0 Å². The van der Waals surface area contributed by atoms with Crippen molar-refractivity contribution in [1.82, 2.24) is 4.90 Å². The lowest BCUT2D eigenvalue weighted by molar-refractivity contribution is -0.888. The number of alkyl halides is 15. The number of amides is 1. The molecule has 0 heterocycles. The van der Waals surface area contributed by atoms with Crippen LogP contribution in [0.5, 0.6) is 0 Å². The van der Waals surface area contributed by atoms with Crippen LogP contribution in [0.3, 0.4) is 0 Å². The Morgan fingerprint density at radius 3 is 1.12 bits per heavy atom. The Morgan fingerprint density at radius 1 is 0.537 bits per heavy atom. The van der Waals surface area contributed by atoms with E-state index in [-0.39, 0.29) is 39.8 Å². The summed E-state index contributed by atoms with van der Waals surface area (Å²) < 4.78 is 204. The van der Waals surface area contributed by atoms with Crippen LogP contribution < -0.4 is 0 Å². The van der Waals surface area contributed by atoms with Crippen molar-refractivity contribution in [2.24, 2.45) is 0 Å². The summed E-state index contributed by atoms with van der Waals surface area (Å²) in [5.41, 5.74) is 0. The number of hydrogen-bond donors (Lipinski definition) is 0. The van der Waals surface area contributed by atoms with Gasteiger partial charge in [-0.25, -0.2) is 0 Å². The van der Waals surface area contributed by atoms with Crippen molar-refractivity contribution in [3.8, 4) is 0 Å². The van der Waals surface area contributed by atoms with Crippen molar-refractivity contribution in [3.63, 3.8) is 0 Å². The first-order chi connectivity index (χ1) is 17.8. The number of carbonyl (C=O) groups excluding carboxylic acids is 1. The summed E-state index contributed by atoms with van der Waals surface area (Å²) in [6.45, 7) is 2.85. The fraction of sp³-hybridized carbons (Fsp3) is 0.955. The van der Waals surface area contributed by atoms with Gasteiger partial charge in [0, 0.05) is 25.9 Å². The highest BCUT2D eigenvalue weighted by molar-refractivity contribution is 5.85. The van der Waals surface area contributed by atoms with Gasteiger partial charge in [-0.05, 0) is 13.8 Å². The summed E-state index contributed by atoms with van der Waals surface area (Å²) in [5, 5.41) is 0. The van der Waals surface area contributed by atoms with Crippen molar-refractivity contribution in [3.05, 3.63) is 0 Å². The minimum absolute atomic E-state index is 0.0874. The van der Waals surface area contributed by atoms with Gasteiger partial charge in [-0.3, -0.25) is 4.79 Å². The van der Waals surface area contributed by atoms with E-state index in [1.807, 2.05) is 0 Å². The normalized spacial score (nSPS) is 15.3. The number of nitrogens with zero attached hydrogens (tertiary/aromatic N) is 3. The Bertz CT molecular complexity index is 864. The largest absolute Gasteiger partial charge is 0.460 e. The molecule has 0 fully saturated rings. The van der Waals surface area contributed by atoms with Crippen LogP contribution in [0.15, 0.2) is 0 Å². The zero-order valence-electron chi connectivity index (χ0n) is 23.1. The van der Waals surface area contributed by atoms with Gasteiger partial charge in [0.15, 0.2) is 0 Å². The van der Waals surface area contributed by atoms with Gasteiger partial charge in [0.2, 0.25) is 0 Å². The summed E-state index contributed by atoms with van der Waals surface area (Å²) in [6, 6.07) is 0. The van der Waals surface area contributed by atoms with Crippen molar-refractivity contribution in [2.75, 3.05) is 67.5 Å². The van der Waals surface area contributed by atoms with E-state index in [4.69, 9.17) is 0 Å². The van der Waals surface area contributed by atoms with Gasteiger partial charge in [0.25, 0.3) is 5.91 Å². The van der Waals surface area contributed by atoms with Crippen molar-refractivity contribution < 1.29 is 79.6 Å². The van der Waals surface area contributed by atoms with E-state index in [9.17, 15) is 70.7 Å². The molecule has 1 amide bonds. The van der Waals surface area contributed by atoms with Crippen LogP contribution in [0, 0.1) is 0 Å². The lowest BCUT2D eigenvalue weighted by atomic mass is 9.90. The average molecular weight is 642 g/mol. The zero-order chi connectivity index (χ0) is 33.3. The predicted molar refractivity (Wildman–Crippen MR) is 117 cm³/mol. The maximum atomic E-state index is 14.6. The minimum Gasteiger partial charge on any atom is -0.337 e.